The highest BCUT2D eigenvalue weighted by Crippen LogP contribution is 2.36. The highest BCUT2D eigenvalue weighted by Gasteiger charge is 2.30. The van der Waals surface area contributed by atoms with Gasteiger partial charge in [-0.05, 0) is 42.4 Å². The predicted molar refractivity (Wildman–Crippen MR) is 83.7 cm³/mol. The van der Waals surface area contributed by atoms with Crippen LogP contribution < -0.4 is 4.74 Å². The summed E-state index contributed by atoms with van der Waals surface area (Å²) in [4.78, 5) is 11.7. The second-order valence-corrected chi connectivity index (χ2v) is 6.49. The van der Waals surface area contributed by atoms with Gasteiger partial charge in [0.05, 0.1) is 12.5 Å². The lowest BCUT2D eigenvalue weighted by atomic mass is 9.77. The van der Waals surface area contributed by atoms with Gasteiger partial charge in [-0.15, -0.1) is 0 Å². The topological polar surface area (TPSA) is 46.5 Å². The van der Waals surface area contributed by atoms with Crippen molar-refractivity contribution in [1.82, 2.24) is 0 Å². The van der Waals surface area contributed by atoms with Gasteiger partial charge in [-0.1, -0.05) is 45.2 Å². The molecule has 1 aliphatic rings. The molecular formula is C18H26O3. The van der Waals surface area contributed by atoms with Gasteiger partial charge in [0, 0.05) is 0 Å². The lowest BCUT2D eigenvalue weighted by Crippen LogP contribution is -2.23. The molecule has 0 aromatic heterocycles. The van der Waals surface area contributed by atoms with E-state index in [0.717, 1.165) is 37.0 Å². The van der Waals surface area contributed by atoms with Crippen LogP contribution in [0.25, 0.3) is 0 Å². The van der Waals surface area contributed by atoms with E-state index in [4.69, 9.17) is 4.74 Å². The fourth-order valence-corrected chi connectivity index (χ4v) is 3.12. The molecule has 0 radical (unpaired) electrons. The van der Waals surface area contributed by atoms with Gasteiger partial charge in [0.2, 0.25) is 0 Å². The monoisotopic (exact) mass is 290 g/mol. The Morgan fingerprint density at radius 3 is 2.33 bits per heavy atom. The molecule has 0 aliphatic heterocycles. The molecule has 1 aliphatic carbocycles. The maximum atomic E-state index is 11.7. The maximum Gasteiger partial charge on any atom is 0.311 e. The number of carbonyl (C=O) groups is 1. The fraction of sp³-hybridized carbons (Fsp3) is 0.611. The summed E-state index contributed by atoms with van der Waals surface area (Å²) in [7, 11) is 0. The molecule has 21 heavy (non-hydrogen) atoms. The van der Waals surface area contributed by atoms with Crippen LogP contribution >= 0.6 is 0 Å². The minimum atomic E-state index is -0.697. The Morgan fingerprint density at radius 1 is 1.19 bits per heavy atom. The Hall–Kier alpha value is -1.51. The normalized spacial score (nSPS) is 17.7. The first-order valence-electron chi connectivity index (χ1n) is 8.03. The SMILES string of the molecule is CC(C)COc1ccc(C(C(=O)O)C2CCCCC2)cc1. The van der Waals surface area contributed by atoms with Crippen LogP contribution in [0.1, 0.15) is 57.4 Å². The second-order valence-electron chi connectivity index (χ2n) is 6.49. The van der Waals surface area contributed by atoms with Gasteiger partial charge in [-0.3, -0.25) is 4.79 Å². The Balaban J connectivity index is 2.07. The number of carboxylic acid groups (broad SMARTS) is 1. The molecule has 1 N–H and O–H groups in total. The van der Waals surface area contributed by atoms with Gasteiger partial charge in [0.15, 0.2) is 0 Å². The van der Waals surface area contributed by atoms with E-state index >= 15 is 0 Å². The zero-order valence-corrected chi connectivity index (χ0v) is 13.0. The van der Waals surface area contributed by atoms with Gasteiger partial charge < -0.3 is 9.84 Å². The van der Waals surface area contributed by atoms with Crippen molar-refractivity contribution in [3.05, 3.63) is 29.8 Å². The van der Waals surface area contributed by atoms with E-state index in [1.54, 1.807) is 0 Å². The number of rotatable bonds is 6. The molecule has 1 atom stereocenters. The van der Waals surface area contributed by atoms with Crippen LogP contribution in [0.2, 0.25) is 0 Å². The summed E-state index contributed by atoms with van der Waals surface area (Å²) in [5.41, 5.74) is 0.909. The van der Waals surface area contributed by atoms with E-state index in [1.807, 2.05) is 24.3 Å². The number of ether oxygens (including phenoxy) is 1. The Labute approximate surface area is 127 Å². The molecule has 0 spiro atoms. The molecule has 3 nitrogen and oxygen atoms in total. The molecule has 0 bridgehead atoms. The standard InChI is InChI=1S/C18H26O3/c1-13(2)12-21-16-10-8-15(9-11-16)17(18(19)20)14-6-4-3-5-7-14/h8-11,13-14,17H,3-7,12H2,1-2H3,(H,19,20). The van der Waals surface area contributed by atoms with Crippen molar-refractivity contribution >= 4 is 5.97 Å². The number of carboxylic acids is 1. The van der Waals surface area contributed by atoms with Crippen LogP contribution in [0.5, 0.6) is 5.75 Å². The lowest BCUT2D eigenvalue weighted by Gasteiger charge is -2.27. The van der Waals surface area contributed by atoms with E-state index in [-0.39, 0.29) is 11.8 Å². The molecule has 1 unspecified atom stereocenters. The van der Waals surface area contributed by atoms with E-state index in [0.29, 0.717) is 12.5 Å². The van der Waals surface area contributed by atoms with Gasteiger partial charge in [0.25, 0.3) is 0 Å². The molecule has 3 heteroatoms. The predicted octanol–water partition coefficient (Wildman–Crippen LogP) is 4.47. The van der Waals surface area contributed by atoms with E-state index in [2.05, 4.69) is 13.8 Å². The van der Waals surface area contributed by atoms with Crippen molar-refractivity contribution in [2.45, 2.75) is 51.9 Å². The average molecular weight is 290 g/mol. The van der Waals surface area contributed by atoms with Gasteiger partial charge in [-0.2, -0.15) is 0 Å². The molecule has 2 rings (SSSR count). The quantitative estimate of drug-likeness (QED) is 0.840. The van der Waals surface area contributed by atoms with Crippen molar-refractivity contribution in [2.75, 3.05) is 6.61 Å². The molecule has 116 valence electrons. The van der Waals surface area contributed by atoms with Crippen molar-refractivity contribution in [2.24, 2.45) is 11.8 Å². The molecular weight excluding hydrogens is 264 g/mol. The van der Waals surface area contributed by atoms with Crippen LogP contribution in [-0.4, -0.2) is 17.7 Å². The average Bonchev–Trinajstić information content (AvgIpc) is 2.47. The molecule has 1 aromatic carbocycles. The molecule has 1 saturated carbocycles. The third-order valence-electron chi connectivity index (χ3n) is 4.21. The molecule has 0 amide bonds. The summed E-state index contributed by atoms with van der Waals surface area (Å²) in [6, 6.07) is 7.64. The Kier molecular flexibility index (Phi) is 5.66. The minimum Gasteiger partial charge on any atom is -0.493 e. The van der Waals surface area contributed by atoms with Crippen molar-refractivity contribution in [3.63, 3.8) is 0 Å². The Bertz CT molecular complexity index is 444. The largest absolute Gasteiger partial charge is 0.493 e. The summed E-state index contributed by atoms with van der Waals surface area (Å²) in [6.45, 7) is 4.90. The number of benzene rings is 1. The molecule has 1 fully saturated rings. The summed E-state index contributed by atoms with van der Waals surface area (Å²) in [5, 5.41) is 9.59. The first-order chi connectivity index (χ1) is 10.1. The van der Waals surface area contributed by atoms with E-state index in [9.17, 15) is 9.90 Å². The van der Waals surface area contributed by atoms with E-state index < -0.39 is 5.97 Å². The second kappa shape index (κ2) is 7.48. The van der Waals surface area contributed by atoms with E-state index in [1.165, 1.54) is 6.42 Å². The zero-order chi connectivity index (χ0) is 15.2. The summed E-state index contributed by atoms with van der Waals surface area (Å²) < 4.78 is 5.66. The lowest BCUT2D eigenvalue weighted by molar-refractivity contribution is -0.140. The van der Waals surface area contributed by atoms with Crippen molar-refractivity contribution < 1.29 is 14.6 Å². The first kappa shape index (κ1) is 15.9. The fourth-order valence-electron chi connectivity index (χ4n) is 3.12. The zero-order valence-electron chi connectivity index (χ0n) is 13.0. The minimum absolute atomic E-state index is 0.277. The first-order valence-corrected chi connectivity index (χ1v) is 8.03. The van der Waals surface area contributed by atoms with Crippen molar-refractivity contribution in [1.29, 1.82) is 0 Å². The van der Waals surface area contributed by atoms with Crippen LogP contribution in [0.3, 0.4) is 0 Å². The van der Waals surface area contributed by atoms with Crippen LogP contribution in [-0.2, 0) is 4.79 Å². The Morgan fingerprint density at radius 2 is 1.81 bits per heavy atom. The maximum absolute atomic E-state index is 11.7. The highest BCUT2D eigenvalue weighted by atomic mass is 16.5. The summed E-state index contributed by atoms with van der Waals surface area (Å²) in [6.07, 6.45) is 5.62. The number of aliphatic carboxylic acids is 1. The van der Waals surface area contributed by atoms with Crippen LogP contribution in [0.4, 0.5) is 0 Å². The van der Waals surface area contributed by atoms with Gasteiger partial charge in [0.1, 0.15) is 5.75 Å². The smallest absolute Gasteiger partial charge is 0.311 e. The van der Waals surface area contributed by atoms with Crippen LogP contribution in [0, 0.1) is 11.8 Å². The third-order valence-corrected chi connectivity index (χ3v) is 4.21. The third kappa shape index (κ3) is 4.48. The highest BCUT2D eigenvalue weighted by molar-refractivity contribution is 5.76. The summed E-state index contributed by atoms with van der Waals surface area (Å²) in [5.74, 6) is 0.514. The van der Waals surface area contributed by atoms with Gasteiger partial charge in [-0.25, -0.2) is 0 Å². The molecule has 1 aromatic rings. The summed E-state index contributed by atoms with van der Waals surface area (Å²) >= 11 is 0. The molecule has 0 saturated heterocycles. The number of hydrogen-bond acceptors (Lipinski definition) is 2. The molecule has 0 heterocycles. The van der Waals surface area contributed by atoms with Crippen LogP contribution in [0.15, 0.2) is 24.3 Å². The number of hydrogen-bond donors (Lipinski definition) is 1. The van der Waals surface area contributed by atoms with Crippen molar-refractivity contribution in [3.8, 4) is 5.75 Å². The van der Waals surface area contributed by atoms with Gasteiger partial charge >= 0.3 is 5.97 Å².